The fraction of sp³-hybridized carbons (Fsp3) is 0.529. The highest BCUT2D eigenvalue weighted by Gasteiger charge is 2.20. The van der Waals surface area contributed by atoms with E-state index in [-0.39, 0.29) is 12.5 Å². The highest BCUT2D eigenvalue weighted by Crippen LogP contribution is 2.25. The number of carbonyl (C=O) groups excluding carboxylic acids is 2. The van der Waals surface area contributed by atoms with Gasteiger partial charge in [-0.25, -0.2) is 9.59 Å². The number of ether oxygens (including phenoxy) is 2. The number of benzene rings is 1. The number of rotatable bonds is 6. The van der Waals surface area contributed by atoms with E-state index in [1.54, 1.807) is 12.1 Å². The third kappa shape index (κ3) is 5.98. The van der Waals surface area contributed by atoms with Crippen LogP contribution in [0.5, 0.6) is 5.75 Å². The van der Waals surface area contributed by atoms with Crippen molar-refractivity contribution in [3.63, 3.8) is 0 Å². The van der Waals surface area contributed by atoms with E-state index in [4.69, 9.17) is 9.47 Å². The standard InChI is InChI=1S/C17H24O4/c1-12(2)8-7-11-20-16(18)17(19)21-15-10-6-5-9-14(15)13(3)4/h5-6,9-10,12-13H,7-8,11H2,1-4H3. The summed E-state index contributed by atoms with van der Waals surface area (Å²) in [5.74, 6) is -0.730. The SMILES string of the molecule is CC(C)CCCOC(=O)C(=O)Oc1ccccc1C(C)C. The summed E-state index contributed by atoms with van der Waals surface area (Å²) >= 11 is 0. The second-order valence-electron chi connectivity index (χ2n) is 5.75. The van der Waals surface area contributed by atoms with Crippen LogP contribution in [0.3, 0.4) is 0 Å². The van der Waals surface area contributed by atoms with E-state index < -0.39 is 11.9 Å². The van der Waals surface area contributed by atoms with Crippen LogP contribution in [0.25, 0.3) is 0 Å². The number of esters is 2. The predicted molar refractivity (Wildman–Crippen MR) is 81.2 cm³/mol. The first-order valence-electron chi connectivity index (χ1n) is 7.39. The van der Waals surface area contributed by atoms with E-state index in [0.717, 1.165) is 18.4 Å². The van der Waals surface area contributed by atoms with E-state index in [2.05, 4.69) is 13.8 Å². The van der Waals surface area contributed by atoms with Crippen molar-refractivity contribution in [2.75, 3.05) is 6.61 Å². The second kappa shape index (κ2) is 8.45. The molecule has 0 aromatic heterocycles. The molecular formula is C17H24O4. The molecule has 4 heteroatoms. The molecule has 21 heavy (non-hydrogen) atoms. The van der Waals surface area contributed by atoms with Gasteiger partial charge < -0.3 is 9.47 Å². The van der Waals surface area contributed by atoms with E-state index >= 15 is 0 Å². The van der Waals surface area contributed by atoms with Crippen molar-refractivity contribution in [2.45, 2.75) is 46.5 Å². The van der Waals surface area contributed by atoms with Crippen LogP contribution in [0, 0.1) is 5.92 Å². The molecule has 0 N–H and O–H groups in total. The summed E-state index contributed by atoms with van der Waals surface area (Å²) in [6.07, 6.45) is 1.71. The van der Waals surface area contributed by atoms with Gasteiger partial charge in [0.2, 0.25) is 0 Å². The molecule has 116 valence electrons. The van der Waals surface area contributed by atoms with Gasteiger partial charge in [0.1, 0.15) is 5.75 Å². The van der Waals surface area contributed by atoms with Gasteiger partial charge in [-0.2, -0.15) is 0 Å². The summed E-state index contributed by atoms with van der Waals surface area (Å²) in [7, 11) is 0. The molecule has 0 aliphatic heterocycles. The van der Waals surface area contributed by atoms with Crippen LogP contribution in [-0.2, 0) is 14.3 Å². The van der Waals surface area contributed by atoms with Crippen LogP contribution in [0.4, 0.5) is 0 Å². The molecule has 0 bridgehead atoms. The molecule has 0 saturated heterocycles. The molecule has 0 fully saturated rings. The number of para-hydroxylation sites is 1. The summed E-state index contributed by atoms with van der Waals surface area (Å²) in [6.45, 7) is 8.43. The van der Waals surface area contributed by atoms with Gasteiger partial charge in [0.25, 0.3) is 0 Å². The van der Waals surface area contributed by atoms with Crippen molar-refractivity contribution in [3.8, 4) is 5.75 Å². The van der Waals surface area contributed by atoms with E-state index in [1.807, 2.05) is 26.0 Å². The minimum atomic E-state index is -0.965. The van der Waals surface area contributed by atoms with E-state index in [0.29, 0.717) is 11.7 Å². The minimum Gasteiger partial charge on any atom is -0.457 e. The molecule has 0 unspecified atom stereocenters. The lowest BCUT2D eigenvalue weighted by atomic mass is 10.0. The zero-order chi connectivity index (χ0) is 15.8. The van der Waals surface area contributed by atoms with Gasteiger partial charge in [0, 0.05) is 0 Å². The Morgan fingerprint density at radius 3 is 2.33 bits per heavy atom. The lowest BCUT2D eigenvalue weighted by molar-refractivity contribution is -0.162. The smallest absolute Gasteiger partial charge is 0.422 e. The fourth-order valence-electron chi connectivity index (χ4n) is 1.91. The molecule has 0 aliphatic carbocycles. The van der Waals surface area contributed by atoms with E-state index in [9.17, 15) is 9.59 Å². The van der Waals surface area contributed by atoms with Crippen LogP contribution in [0.15, 0.2) is 24.3 Å². The molecular weight excluding hydrogens is 268 g/mol. The number of carbonyl (C=O) groups is 2. The molecule has 0 saturated carbocycles. The monoisotopic (exact) mass is 292 g/mol. The van der Waals surface area contributed by atoms with Gasteiger partial charge in [-0.05, 0) is 36.3 Å². The molecule has 0 spiro atoms. The van der Waals surface area contributed by atoms with Crippen molar-refractivity contribution in [3.05, 3.63) is 29.8 Å². The Balaban J connectivity index is 2.51. The largest absolute Gasteiger partial charge is 0.457 e. The van der Waals surface area contributed by atoms with Crippen molar-refractivity contribution < 1.29 is 19.1 Å². The minimum absolute atomic E-state index is 0.205. The lowest BCUT2D eigenvalue weighted by Gasteiger charge is -2.12. The Morgan fingerprint density at radius 2 is 1.71 bits per heavy atom. The average molecular weight is 292 g/mol. The average Bonchev–Trinajstić information content (AvgIpc) is 2.43. The topological polar surface area (TPSA) is 52.6 Å². The first-order chi connectivity index (χ1) is 9.91. The van der Waals surface area contributed by atoms with Crippen LogP contribution >= 0.6 is 0 Å². The Bertz CT molecular complexity index is 477. The molecule has 0 atom stereocenters. The van der Waals surface area contributed by atoms with Crippen LogP contribution in [0.1, 0.15) is 52.0 Å². The molecule has 1 rings (SSSR count). The summed E-state index contributed by atoms with van der Waals surface area (Å²) in [6, 6.07) is 7.19. The molecule has 4 nitrogen and oxygen atoms in total. The summed E-state index contributed by atoms with van der Waals surface area (Å²) < 4.78 is 10.0. The van der Waals surface area contributed by atoms with Crippen LogP contribution < -0.4 is 4.74 Å². The van der Waals surface area contributed by atoms with E-state index in [1.165, 1.54) is 0 Å². The van der Waals surface area contributed by atoms with Crippen LogP contribution in [-0.4, -0.2) is 18.5 Å². The third-order valence-electron chi connectivity index (χ3n) is 3.07. The predicted octanol–water partition coefficient (Wildman–Crippen LogP) is 3.69. The van der Waals surface area contributed by atoms with Crippen molar-refractivity contribution in [2.24, 2.45) is 5.92 Å². The third-order valence-corrected chi connectivity index (χ3v) is 3.07. The molecule has 1 aromatic rings. The molecule has 0 aliphatic rings. The Hall–Kier alpha value is -1.84. The lowest BCUT2D eigenvalue weighted by Crippen LogP contribution is -2.24. The van der Waals surface area contributed by atoms with Gasteiger partial charge >= 0.3 is 11.9 Å². The maximum absolute atomic E-state index is 11.7. The zero-order valence-corrected chi connectivity index (χ0v) is 13.2. The first-order valence-corrected chi connectivity index (χ1v) is 7.39. The zero-order valence-electron chi connectivity index (χ0n) is 13.2. The van der Waals surface area contributed by atoms with Gasteiger partial charge in [-0.15, -0.1) is 0 Å². The molecule has 1 aromatic carbocycles. The van der Waals surface area contributed by atoms with Crippen molar-refractivity contribution in [1.29, 1.82) is 0 Å². The van der Waals surface area contributed by atoms with Gasteiger partial charge in [-0.3, -0.25) is 0 Å². The first kappa shape index (κ1) is 17.2. The summed E-state index contributed by atoms with van der Waals surface area (Å²) in [5, 5.41) is 0. The maximum atomic E-state index is 11.7. The summed E-state index contributed by atoms with van der Waals surface area (Å²) in [4.78, 5) is 23.3. The second-order valence-corrected chi connectivity index (χ2v) is 5.75. The Kier molecular flexibility index (Phi) is 6.92. The molecule has 0 heterocycles. The fourth-order valence-corrected chi connectivity index (χ4v) is 1.91. The van der Waals surface area contributed by atoms with Gasteiger partial charge in [0.15, 0.2) is 0 Å². The number of hydrogen-bond acceptors (Lipinski definition) is 4. The Labute approximate surface area is 126 Å². The van der Waals surface area contributed by atoms with Gasteiger partial charge in [-0.1, -0.05) is 45.9 Å². The summed E-state index contributed by atoms with van der Waals surface area (Å²) in [5.41, 5.74) is 0.887. The molecule has 0 amide bonds. The van der Waals surface area contributed by atoms with Crippen molar-refractivity contribution in [1.82, 2.24) is 0 Å². The maximum Gasteiger partial charge on any atom is 0.422 e. The normalized spacial score (nSPS) is 10.8. The van der Waals surface area contributed by atoms with Crippen LogP contribution in [0.2, 0.25) is 0 Å². The van der Waals surface area contributed by atoms with Gasteiger partial charge in [0.05, 0.1) is 6.61 Å². The quantitative estimate of drug-likeness (QED) is 0.347. The number of hydrogen-bond donors (Lipinski definition) is 0. The highest BCUT2D eigenvalue weighted by atomic mass is 16.6. The van der Waals surface area contributed by atoms with Crippen molar-refractivity contribution >= 4 is 11.9 Å². The molecule has 0 radical (unpaired) electrons. The Morgan fingerprint density at radius 1 is 1.05 bits per heavy atom. The highest BCUT2D eigenvalue weighted by molar-refractivity contribution is 6.30.